The molecule has 0 spiro atoms. The van der Waals surface area contributed by atoms with Crippen LogP contribution in [0.4, 0.5) is 5.82 Å². The molecule has 19 heavy (non-hydrogen) atoms. The lowest BCUT2D eigenvalue weighted by Crippen LogP contribution is -2.21. The summed E-state index contributed by atoms with van der Waals surface area (Å²) in [6.45, 7) is 4.25. The van der Waals surface area contributed by atoms with Crippen LogP contribution in [0.25, 0.3) is 6.08 Å². The molecule has 1 atom stereocenters. The third kappa shape index (κ3) is 3.56. The van der Waals surface area contributed by atoms with Crippen LogP contribution in [0.15, 0.2) is 24.4 Å². The molecule has 4 nitrogen and oxygen atoms in total. The molecule has 4 heteroatoms. The number of rotatable bonds is 5. The van der Waals surface area contributed by atoms with Crippen molar-refractivity contribution in [1.29, 1.82) is 0 Å². The molecule has 1 aromatic rings. The van der Waals surface area contributed by atoms with Crippen LogP contribution in [0.2, 0.25) is 0 Å². The Hall–Kier alpha value is -1.84. The van der Waals surface area contributed by atoms with Gasteiger partial charge in [0.25, 0.3) is 0 Å². The number of anilines is 1. The molecule has 102 valence electrons. The van der Waals surface area contributed by atoms with Gasteiger partial charge in [0, 0.05) is 30.9 Å². The molecule has 0 aromatic carbocycles. The molecule has 1 aromatic heterocycles. The predicted octanol–water partition coefficient (Wildman–Crippen LogP) is 2.81. The van der Waals surface area contributed by atoms with Crippen LogP contribution in [0, 0.1) is 5.92 Å². The Morgan fingerprint density at radius 2 is 2.47 bits per heavy atom. The van der Waals surface area contributed by atoms with Crippen molar-refractivity contribution in [2.75, 3.05) is 18.0 Å². The van der Waals surface area contributed by atoms with Crippen LogP contribution in [0.5, 0.6) is 0 Å². The fraction of sp³-hybridized carbons (Fsp3) is 0.467. The van der Waals surface area contributed by atoms with E-state index >= 15 is 0 Å². The molecule has 1 N–H and O–H groups in total. The second-order valence-corrected chi connectivity index (χ2v) is 4.98. The molecule has 0 saturated carbocycles. The number of aromatic nitrogens is 1. The zero-order valence-electron chi connectivity index (χ0n) is 11.2. The van der Waals surface area contributed by atoms with E-state index in [1.54, 1.807) is 12.3 Å². The Bertz CT molecular complexity index is 471. The summed E-state index contributed by atoms with van der Waals surface area (Å²) in [4.78, 5) is 17.3. The van der Waals surface area contributed by atoms with Gasteiger partial charge in [-0.1, -0.05) is 13.3 Å². The van der Waals surface area contributed by atoms with Gasteiger partial charge >= 0.3 is 5.97 Å². The third-order valence-corrected chi connectivity index (χ3v) is 3.50. The molecule has 0 aliphatic carbocycles. The minimum absolute atomic E-state index is 0.739. The zero-order valence-corrected chi connectivity index (χ0v) is 11.2. The van der Waals surface area contributed by atoms with Crippen LogP contribution in [0.1, 0.15) is 31.7 Å². The molecule has 1 saturated heterocycles. The first-order valence-electron chi connectivity index (χ1n) is 6.81. The Balaban J connectivity index is 2.14. The lowest BCUT2D eigenvalue weighted by molar-refractivity contribution is -0.131. The maximum Gasteiger partial charge on any atom is 0.328 e. The van der Waals surface area contributed by atoms with E-state index < -0.39 is 5.97 Å². The predicted molar refractivity (Wildman–Crippen MR) is 76.1 cm³/mol. The number of carboxylic acids is 1. The maximum atomic E-state index is 10.6. The summed E-state index contributed by atoms with van der Waals surface area (Å²) < 4.78 is 0. The molecular formula is C15H20N2O2. The topological polar surface area (TPSA) is 53.4 Å². The highest BCUT2D eigenvalue weighted by Crippen LogP contribution is 2.27. The Morgan fingerprint density at radius 1 is 1.63 bits per heavy atom. The van der Waals surface area contributed by atoms with Crippen LogP contribution in [0.3, 0.4) is 0 Å². The zero-order chi connectivity index (χ0) is 13.7. The fourth-order valence-electron chi connectivity index (χ4n) is 2.63. The monoisotopic (exact) mass is 260 g/mol. The third-order valence-electron chi connectivity index (χ3n) is 3.50. The number of hydrogen-bond acceptors (Lipinski definition) is 3. The van der Waals surface area contributed by atoms with E-state index in [0.717, 1.165) is 30.4 Å². The normalized spacial score (nSPS) is 19.2. The molecule has 0 amide bonds. The number of nitrogens with zero attached hydrogens (tertiary/aromatic N) is 2. The van der Waals surface area contributed by atoms with Crippen molar-refractivity contribution in [2.45, 2.75) is 26.2 Å². The summed E-state index contributed by atoms with van der Waals surface area (Å²) in [6.07, 6.45) is 8.22. The summed E-state index contributed by atoms with van der Waals surface area (Å²) in [5.41, 5.74) is 0.877. The summed E-state index contributed by atoms with van der Waals surface area (Å²) in [6, 6.07) is 3.75. The first-order valence-corrected chi connectivity index (χ1v) is 6.81. The second kappa shape index (κ2) is 6.36. The molecule has 0 radical (unpaired) electrons. The van der Waals surface area contributed by atoms with Gasteiger partial charge in [-0.2, -0.15) is 0 Å². The Labute approximate surface area is 113 Å². The van der Waals surface area contributed by atoms with Crippen molar-refractivity contribution in [1.82, 2.24) is 4.98 Å². The number of pyridine rings is 1. The van der Waals surface area contributed by atoms with Gasteiger partial charge in [-0.05, 0) is 37.0 Å². The van der Waals surface area contributed by atoms with E-state index in [4.69, 9.17) is 5.11 Å². The Kier molecular flexibility index (Phi) is 4.55. The average molecular weight is 260 g/mol. The lowest BCUT2D eigenvalue weighted by Gasteiger charge is -2.19. The largest absolute Gasteiger partial charge is 0.478 e. The molecule has 1 aliphatic heterocycles. The highest BCUT2D eigenvalue weighted by molar-refractivity contribution is 5.86. The molecule has 1 unspecified atom stereocenters. The SMILES string of the molecule is CCCC1CCN(c2ncccc2/C=C/C(=O)O)C1. The van der Waals surface area contributed by atoms with E-state index in [0.29, 0.717) is 0 Å². The van der Waals surface area contributed by atoms with Crippen molar-refractivity contribution in [3.63, 3.8) is 0 Å². The van der Waals surface area contributed by atoms with E-state index in [1.807, 2.05) is 12.1 Å². The van der Waals surface area contributed by atoms with Gasteiger partial charge in [-0.15, -0.1) is 0 Å². The van der Waals surface area contributed by atoms with Gasteiger partial charge in [0.05, 0.1) is 0 Å². The minimum atomic E-state index is -0.930. The van der Waals surface area contributed by atoms with Crippen LogP contribution < -0.4 is 4.90 Å². The van der Waals surface area contributed by atoms with Crippen molar-refractivity contribution in [3.8, 4) is 0 Å². The maximum absolute atomic E-state index is 10.6. The van der Waals surface area contributed by atoms with Crippen LogP contribution in [-0.4, -0.2) is 29.1 Å². The smallest absolute Gasteiger partial charge is 0.328 e. The van der Waals surface area contributed by atoms with Crippen LogP contribution in [-0.2, 0) is 4.79 Å². The van der Waals surface area contributed by atoms with E-state index in [1.165, 1.54) is 25.3 Å². The molecule has 1 aliphatic rings. The van der Waals surface area contributed by atoms with Crippen LogP contribution >= 0.6 is 0 Å². The van der Waals surface area contributed by atoms with Gasteiger partial charge < -0.3 is 10.0 Å². The lowest BCUT2D eigenvalue weighted by atomic mass is 10.0. The summed E-state index contributed by atoms with van der Waals surface area (Å²) in [5.74, 6) is 0.710. The quantitative estimate of drug-likeness (QED) is 0.827. The number of aliphatic carboxylic acids is 1. The highest BCUT2D eigenvalue weighted by atomic mass is 16.4. The Morgan fingerprint density at radius 3 is 3.21 bits per heavy atom. The number of hydrogen-bond donors (Lipinski definition) is 1. The standard InChI is InChI=1S/C15H20N2O2/c1-2-4-12-8-10-17(11-12)15-13(5-3-9-16-15)6-7-14(18)19/h3,5-7,9,12H,2,4,8,10-11H2,1H3,(H,18,19)/b7-6+. The van der Waals surface area contributed by atoms with Crippen molar-refractivity contribution >= 4 is 17.9 Å². The summed E-state index contributed by atoms with van der Waals surface area (Å²) in [7, 11) is 0. The molecule has 1 fully saturated rings. The van der Waals surface area contributed by atoms with E-state index in [-0.39, 0.29) is 0 Å². The highest BCUT2D eigenvalue weighted by Gasteiger charge is 2.23. The minimum Gasteiger partial charge on any atom is -0.478 e. The number of carbonyl (C=O) groups is 1. The summed E-state index contributed by atoms with van der Waals surface area (Å²) in [5, 5.41) is 8.72. The first kappa shape index (κ1) is 13.6. The van der Waals surface area contributed by atoms with E-state index in [9.17, 15) is 4.79 Å². The van der Waals surface area contributed by atoms with Crippen molar-refractivity contribution in [2.24, 2.45) is 5.92 Å². The molecule has 2 heterocycles. The van der Waals surface area contributed by atoms with Crippen molar-refractivity contribution in [3.05, 3.63) is 30.0 Å². The second-order valence-electron chi connectivity index (χ2n) is 4.98. The summed E-state index contributed by atoms with van der Waals surface area (Å²) >= 11 is 0. The fourth-order valence-corrected chi connectivity index (χ4v) is 2.63. The van der Waals surface area contributed by atoms with Gasteiger partial charge in [0.1, 0.15) is 5.82 Å². The number of carboxylic acid groups (broad SMARTS) is 1. The molecule has 2 rings (SSSR count). The van der Waals surface area contributed by atoms with Gasteiger partial charge in [0.15, 0.2) is 0 Å². The van der Waals surface area contributed by atoms with Gasteiger partial charge in [-0.25, -0.2) is 9.78 Å². The average Bonchev–Trinajstić information content (AvgIpc) is 2.85. The van der Waals surface area contributed by atoms with Gasteiger partial charge in [-0.3, -0.25) is 0 Å². The van der Waals surface area contributed by atoms with Crippen molar-refractivity contribution < 1.29 is 9.90 Å². The molecule has 0 bridgehead atoms. The first-order chi connectivity index (χ1) is 9.20. The van der Waals surface area contributed by atoms with E-state index in [2.05, 4.69) is 16.8 Å². The van der Waals surface area contributed by atoms with Gasteiger partial charge in [0.2, 0.25) is 0 Å². The molecular weight excluding hydrogens is 240 g/mol.